The molecule has 3 aliphatic rings. The normalized spacial score (nSPS) is 25.1. The molecule has 0 N–H and O–H groups in total. The lowest BCUT2D eigenvalue weighted by molar-refractivity contribution is -0.133. The van der Waals surface area contributed by atoms with Gasteiger partial charge in [-0.25, -0.2) is 0 Å². The highest BCUT2D eigenvalue weighted by atomic mass is 32.2. The fourth-order valence-corrected chi connectivity index (χ4v) is 4.51. The van der Waals surface area contributed by atoms with Crippen molar-refractivity contribution in [2.24, 2.45) is 4.99 Å². The number of nitrogens with zero attached hydrogens (tertiary/aromatic N) is 3. The predicted octanol–water partition coefficient (Wildman–Crippen LogP) is 2.39. The summed E-state index contributed by atoms with van der Waals surface area (Å²) in [5, 5.41) is 7.93. The standard InChI is InChI=1S/C12H9N3OS2/c16-9-6-13-12-14(9)15-10(18-12)7-17-11(15)8-4-2-1-3-5-8/h1-5,7,11H,6H2. The van der Waals surface area contributed by atoms with E-state index in [9.17, 15) is 4.79 Å². The first kappa shape index (κ1) is 10.5. The highest BCUT2D eigenvalue weighted by Crippen LogP contribution is 2.52. The van der Waals surface area contributed by atoms with Gasteiger partial charge < -0.3 is 0 Å². The lowest BCUT2D eigenvalue weighted by Gasteiger charge is -2.29. The van der Waals surface area contributed by atoms with Crippen molar-refractivity contribution in [2.75, 3.05) is 6.54 Å². The molecule has 1 atom stereocenters. The van der Waals surface area contributed by atoms with E-state index < -0.39 is 0 Å². The van der Waals surface area contributed by atoms with Gasteiger partial charge in [-0.1, -0.05) is 42.1 Å². The van der Waals surface area contributed by atoms with Crippen LogP contribution in [0.3, 0.4) is 0 Å². The zero-order valence-electron chi connectivity index (χ0n) is 9.31. The van der Waals surface area contributed by atoms with Gasteiger partial charge in [0.1, 0.15) is 16.9 Å². The van der Waals surface area contributed by atoms with E-state index in [1.807, 2.05) is 18.2 Å². The third-order valence-electron chi connectivity index (χ3n) is 3.01. The van der Waals surface area contributed by atoms with Crippen LogP contribution in [0.15, 0.2) is 45.8 Å². The van der Waals surface area contributed by atoms with E-state index >= 15 is 0 Å². The van der Waals surface area contributed by atoms with Gasteiger partial charge >= 0.3 is 0 Å². The molecule has 0 saturated carbocycles. The van der Waals surface area contributed by atoms with Gasteiger partial charge in [0.2, 0.25) is 0 Å². The summed E-state index contributed by atoms with van der Waals surface area (Å²) in [5.41, 5.74) is 1.20. The summed E-state index contributed by atoms with van der Waals surface area (Å²) < 4.78 is 0. The van der Waals surface area contributed by atoms with Crippen LogP contribution >= 0.6 is 23.5 Å². The fourth-order valence-electron chi connectivity index (χ4n) is 2.22. The minimum Gasteiger partial charge on any atom is -0.270 e. The van der Waals surface area contributed by atoms with Gasteiger partial charge in [0.25, 0.3) is 5.91 Å². The number of amides is 1. The van der Waals surface area contributed by atoms with Crippen molar-refractivity contribution in [1.82, 2.24) is 10.0 Å². The van der Waals surface area contributed by atoms with E-state index in [0.29, 0.717) is 0 Å². The monoisotopic (exact) mass is 275 g/mol. The molecule has 1 unspecified atom stereocenters. The van der Waals surface area contributed by atoms with E-state index in [1.165, 1.54) is 5.56 Å². The number of aliphatic imine (C=N–C) groups is 1. The Labute approximate surface area is 113 Å². The number of carbonyl (C=O) groups excluding carboxylic acids is 1. The molecule has 1 amide bonds. The number of hydrogen-bond donors (Lipinski definition) is 0. The second kappa shape index (κ2) is 3.80. The number of hydrogen-bond acceptors (Lipinski definition) is 5. The lowest BCUT2D eigenvalue weighted by Crippen LogP contribution is -2.40. The predicted molar refractivity (Wildman–Crippen MR) is 73.4 cm³/mol. The van der Waals surface area contributed by atoms with E-state index in [0.717, 1.165) is 10.2 Å². The molecule has 0 radical (unpaired) electrons. The molecule has 0 bridgehead atoms. The average molecular weight is 275 g/mol. The largest absolute Gasteiger partial charge is 0.270 e. The molecule has 1 aromatic rings. The Morgan fingerprint density at radius 3 is 2.94 bits per heavy atom. The number of rotatable bonds is 1. The van der Waals surface area contributed by atoms with Crippen LogP contribution in [-0.4, -0.2) is 27.6 Å². The van der Waals surface area contributed by atoms with Crippen LogP contribution in [-0.2, 0) is 4.79 Å². The van der Waals surface area contributed by atoms with Gasteiger partial charge in [-0.05, 0) is 17.3 Å². The van der Waals surface area contributed by atoms with Crippen molar-refractivity contribution in [2.45, 2.75) is 5.37 Å². The molecule has 0 spiro atoms. The van der Waals surface area contributed by atoms with Crippen LogP contribution in [0.1, 0.15) is 10.9 Å². The Kier molecular flexibility index (Phi) is 2.22. The van der Waals surface area contributed by atoms with Crippen molar-refractivity contribution in [3.05, 3.63) is 46.3 Å². The molecule has 3 heterocycles. The second-order valence-corrected chi connectivity index (χ2v) is 6.05. The highest BCUT2D eigenvalue weighted by molar-refractivity contribution is 8.18. The smallest absolute Gasteiger partial charge is 0.269 e. The molecule has 0 aliphatic carbocycles. The van der Waals surface area contributed by atoms with Gasteiger partial charge in [0.05, 0.1) is 0 Å². The Morgan fingerprint density at radius 2 is 2.11 bits per heavy atom. The first-order valence-electron chi connectivity index (χ1n) is 5.59. The zero-order chi connectivity index (χ0) is 12.1. The van der Waals surface area contributed by atoms with Gasteiger partial charge in [0.15, 0.2) is 5.17 Å². The number of amidine groups is 1. The maximum atomic E-state index is 11.9. The fraction of sp³-hybridized carbons (Fsp3) is 0.167. The summed E-state index contributed by atoms with van der Waals surface area (Å²) in [6, 6.07) is 10.2. The number of benzene rings is 1. The highest BCUT2D eigenvalue weighted by Gasteiger charge is 2.46. The number of hydrazine groups is 1. The quantitative estimate of drug-likeness (QED) is 0.788. The van der Waals surface area contributed by atoms with E-state index in [-0.39, 0.29) is 17.8 Å². The van der Waals surface area contributed by atoms with Crippen molar-refractivity contribution in [3.8, 4) is 0 Å². The molecule has 1 fully saturated rings. The molecule has 4 rings (SSSR count). The van der Waals surface area contributed by atoms with Gasteiger partial charge in [0, 0.05) is 5.41 Å². The SMILES string of the molecule is O=C1CN=C2SC3=CSC(c4ccccc4)N3N12. The van der Waals surface area contributed by atoms with Gasteiger partial charge in [-0.3, -0.25) is 14.8 Å². The maximum Gasteiger partial charge on any atom is 0.269 e. The number of carbonyl (C=O) groups is 1. The molecule has 18 heavy (non-hydrogen) atoms. The molecule has 0 aromatic heterocycles. The first-order chi connectivity index (χ1) is 8.84. The number of thioether (sulfide) groups is 2. The number of fused-ring (bicyclic) bond motifs is 3. The molecular formula is C12H9N3OS2. The molecular weight excluding hydrogens is 266 g/mol. The molecule has 3 aliphatic heterocycles. The van der Waals surface area contributed by atoms with Crippen LogP contribution < -0.4 is 0 Å². The van der Waals surface area contributed by atoms with Crippen molar-refractivity contribution in [3.63, 3.8) is 0 Å². The van der Waals surface area contributed by atoms with Crippen molar-refractivity contribution < 1.29 is 4.79 Å². The summed E-state index contributed by atoms with van der Waals surface area (Å²) in [4.78, 5) is 16.1. The molecule has 4 nitrogen and oxygen atoms in total. The Bertz CT molecular complexity index is 584. The average Bonchev–Trinajstić information content (AvgIpc) is 3.03. The van der Waals surface area contributed by atoms with Crippen LogP contribution in [0.4, 0.5) is 0 Å². The Hall–Kier alpha value is -1.40. The summed E-state index contributed by atoms with van der Waals surface area (Å²) in [5.74, 6) is 0.0596. The summed E-state index contributed by atoms with van der Waals surface area (Å²) in [6.45, 7) is 0.276. The Morgan fingerprint density at radius 1 is 1.28 bits per heavy atom. The summed E-state index contributed by atoms with van der Waals surface area (Å²) >= 11 is 3.31. The third kappa shape index (κ3) is 1.36. The maximum absolute atomic E-state index is 11.9. The van der Waals surface area contributed by atoms with E-state index in [4.69, 9.17) is 0 Å². The van der Waals surface area contributed by atoms with Crippen molar-refractivity contribution >= 4 is 34.6 Å². The molecule has 90 valence electrons. The molecule has 6 heteroatoms. The summed E-state index contributed by atoms with van der Waals surface area (Å²) in [7, 11) is 0. The van der Waals surface area contributed by atoms with Crippen molar-refractivity contribution in [1.29, 1.82) is 0 Å². The van der Waals surface area contributed by atoms with Gasteiger partial charge in [-0.2, -0.15) is 5.01 Å². The minimum absolute atomic E-state index is 0.0596. The lowest BCUT2D eigenvalue weighted by atomic mass is 10.2. The first-order valence-corrected chi connectivity index (χ1v) is 7.35. The van der Waals surface area contributed by atoms with Crippen LogP contribution in [0.2, 0.25) is 0 Å². The zero-order valence-corrected chi connectivity index (χ0v) is 10.9. The van der Waals surface area contributed by atoms with Crippen LogP contribution in [0.25, 0.3) is 0 Å². The van der Waals surface area contributed by atoms with Gasteiger partial charge in [-0.15, -0.1) is 0 Å². The van der Waals surface area contributed by atoms with Crippen LogP contribution in [0.5, 0.6) is 0 Å². The van der Waals surface area contributed by atoms with E-state index in [2.05, 4.69) is 27.5 Å². The third-order valence-corrected chi connectivity index (χ3v) is 5.25. The van der Waals surface area contributed by atoms with E-state index in [1.54, 1.807) is 28.5 Å². The minimum atomic E-state index is 0.0596. The summed E-state index contributed by atoms with van der Waals surface area (Å²) in [6.07, 6.45) is 0. The second-order valence-electron chi connectivity index (χ2n) is 4.11. The Balaban J connectivity index is 1.74. The molecule has 1 saturated heterocycles. The molecule has 1 aromatic carbocycles. The van der Waals surface area contributed by atoms with Crippen LogP contribution in [0, 0.1) is 0 Å². The topological polar surface area (TPSA) is 35.9 Å².